The van der Waals surface area contributed by atoms with Crippen LogP contribution < -0.4 is 4.84 Å². The van der Waals surface area contributed by atoms with Crippen molar-refractivity contribution in [2.45, 2.75) is 25.7 Å². The largest absolute Gasteiger partial charge is 0.611 e. The molecule has 160 valence electrons. The van der Waals surface area contributed by atoms with Gasteiger partial charge in [-0.2, -0.15) is 4.73 Å². The van der Waals surface area contributed by atoms with E-state index in [1.165, 1.54) is 11.7 Å². The van der Waals surface area contributed by atoms with Gasteiger partial charge in [0.2, 0.25) is 0 Å². The van der Waals surface area contributed by atoms with Gasteiger partial charge in [-0.15, -0.1) is 0 Å². The van der Waals surface area contributed by atoms with Gasteiger partial charge < -0.3 is 9.39 Å². The molecule has 0 fully saturated rings. The van der Waals surface area contributed by atoms with E-state index >= 15 is 0 Å². The summed E-state index contributed by atoms with van der Waals surface area (Å²) >= 11 is 7.90. The van der Waals surface area contributed by atoms with Crippen molar-refractivity contribution < 1.29 is 14.2 Å². The zero-order valence-electron chi connectivity index (χ0n) is 17.5. The summed E-state index contributed by atoms with van der Waals surface area (Å²) in [5.74, 6) is -0.0827. The van der Waals surface area contributed by atoms with Gasteiger partial charge in [-0.25, -0.2) is 4.79 Å². The number of halogens is 1. The Morgan fingerprint density at radius 2 is 1.77 bits per heavy atom. The molecule has 3 rings (SSSR count). The lowest BCUT2D eigenvalue weighted by Gasteiger charge is -2.15. The number of hydrogen-bond donors (Lipinski definition) is 0. The molecule has 0 aliphatic rings. The first-order valence-corrected chi connectivity index (χ1v) is 12.0. The van der Waals surface area contributed by atoms with E-state index in [2.05, 4.69) is 28.6 Å². The number of nitrogens with zero attached hydrogens (tertiary/aromatic N) is 1. The third-order valence-corrected chi connectivity index (χ3v) is 7.12. The monoisotopic (exact) mass is 515 g/mol. The topological polar surface area (TPSA) is 54.3 Å². The van der Waals surface area contributed by atoms with Gasteiger partial charge in [0.05, 0.1) is 16.9 Å². The molecule has 2 aromatic carbocycles. The Labute approximate surface area is 198 Å². The minimum atomic E-state index is -1.18. The molecule has 0 aliphatic carbocycles. The van der Waals surface area contributed by atoms with E-state index in [1.807, 2.05) is 50.2 Å². The number of pyridine rings is 1. The molecular formula is C24H22BrNO3S2. The van der Waals surface area contributed by atoms with Crippen LogP contribution in [-0.4, -0.2) is 21.0 Å². The van der Waals surface area contributed by atoms with Crippen molar-refractivity contribution in [1.29, 1.82) is 0 Å². The quantitative estimate of drug-likeness (QED) is 0.291. The minimum absolute atomic E-state index is 0.347. The third kappa shape index (κ3) is 5.74. The SMILES string of the molecule is C=C(Br)C[S+]([O-])c1ccc(-c2cn(OC(C)=O)cc(-c3ccc(C)cc3C)c2=S)cc1. The molecule has 3 aromatic rings. The van der Waals surface area contributed by atoms with Crippen molar-refractivity contribution in [2.75, 3.05) is 5.75 Å². The predicted molar refractivity (Wildman–Crippen MR) is 132 cm³/mol. The highest BCUT2D eigenvalue weighted by atomic mass is 79.9. The number of hydrogen-bond acceptors (Lipinski definition) is 4. The summed E-state index contributed by atoms with van der Waals surface area (Å²) in [6.45, 7) is 9.17. The average molecular weight is 516 g/mol. The van der Waals surface area contributed by atoms with Gasteiger partial charge in [0, 0.05) is 22.5 Å². The number of carbonyl (C=O) groups excluding carboxylic acids is 1. The van der Waals surface area contributed by atoms with Crippen molar-refractivity contribution in [3.05, 3.63) is 81.6 Å². The standard InChI is InChI=1S/C24H22BrNO3S2/c1-15-5-10-21(16(2)11-15)23-13-26(29-18(4)27)12-22(24(23)30)19-6-8-20(9-7-19)31(28)14-17(3)25/h5-13H,3,14H2,1-2,4H3. The van der Waals surface area contributed by atoms with Crippen LogP contribution in [0, 0.1) is 18.4 Å². The Balaban J connectivity index is 2.12. The fourth-order valence-corrected chi connectivity index (χ4v) is 5.13. The molecule has 0 amide bonds. The van der Waals surface area contributed by atoms with Crippen LogP contribution >= 0.6 is 28.1 Å². The molecule has 7 heteroatoms. The molecular weight excluding hydrogens is 494 g/mol. The molecule has 31 heavy (non-hydrogen) atoms. The van der Waals surface area contributed by atoms with Crippen LogP contribution in [0.4, 0.5) is 0 Å². The number of rotatable bonds is 6. The maximum absolute atomic E-state index is 12.4. The Hall–Kier alpha value is -2.19. The summed E-state index contributed by atoms with van der Waals surface area (Å²) in [5, 5.41) is 0. The maximum Gasteiger partial charge on any atom is 0.329 e. The van der Waals surface area contributed by atoms with Gasteiger partial charge in [-0.1, -0.05) is 58.5 Å². The van der Waals surface area contributed by atoms with Crippen molar-refractivity contribution in [3.8, 4) is 22.3 Å². The molecule has 0 N–H and O–H groups in total. The molecule has 1 atom stereocenters. The summed E-state index contributed by atoms with van der Waals surface area (Å²) in [6.07, 6.45) is 3.43. The summed E-state index contributed by atoms with van der Waals surface area (Å²) in [4.78, 5) is 17.6. The van der Waals surface area contributed by atoms with E-state index in [4.69, 9.17) is 17.1 Å². The van der Waals surface area contributed by atoms with E-state index in [9.17, 15) is 9.35 Å². The predicted octanol–water partition coefficient (Wildman–Crippen LogP) is 6.16. The Morgan fingerprint density at radius 1 is 1.13 bits per heavy atom. The van der Waals surface area contributed by atoms with E-state index in [-0.39, 0.29) is 0 Å². The van der Waals surface area contributed by atoms with E-state index in [0.29, 0.717) is 19.6 Å². The second-order valence-corrected chi connectivity index (χ2v) is 10.2. The summed E-state index contributed by atoms with van der Waals surface area (Å²) in [6, 6.07) is 13.5. The molecule has 0 spiro atoms. The molecule has 0 radical (unpaired) electrons. The first-order valence-electron chi connectivity index (χ1n) is 9.50. The Kier molecular flexibility index (Phi) is 7.54. The van der Waals surface area contributed by atoms with E-state index in [0.717, 1.165) is 33.4 Å². The maximum atomic E-state index is 12.4. The van der Waals surface area contributed by atoms with Crippen LogP contribution in [0.2, 0.25) is 0 Å². The van der Waals surface area contributed by atoms with Crippen molar-refractivity contribution >= 4 is 45.3 Å². The van der Waals surface area contributed by atoms with E-state index < -0.39 is 17.1 Å². The first-order chi connectivity index (χ1) is 14.7. The number of aryl methyl sites for hydroxylation is 2. The third-order valence-electron chi connectivity index (χ3n) is 4.62. The molecule has 0 saturated heterocycles. The highest BCUT2D eigenvalue weighted by molar-refractivity contribution is 9.11. The first kappa shape index (κ1) is 23.5. The van der Waals surface area contributed by atoms with Gasteiger partial charge in [-0.3, -0.25) is 0 Å². The second kappa shape index (κ2) is 9.96. The van der Waals surface area contributed by atoms with Gasteiger partial charge in [0.25, 0.3) is 0 Å². The van der Waals surface area contributed by atoms with Crippen LogP contribution in [0.3, 0.4) is 0 Å². The van der Waals surface area contributed by atoms with Gasteiger partial charge in [0.1, 0.15) is 5.75 Å². The van der Waals surface area contributed by atoms with Crippen molar-refractivity contribution in [2.24, 2.45) is 0 Å². The lowest BCUT2D eigenvalue weighted by Crippen LogP contribution is -2.17. The second-order valence-electron chi connectivity index (χ2n) is 7.21. The Bertz CT molecular complexity index is 1200. The molecule has 1 aromatic heterocycles. The molecule has 0 aliphatic heterocycles. The average Bonchev–Trinajstić information content (AvgIpc) is 2.69. The van der Waals surface area contributed by atoms with Crippen molar-refractivity contribution in [1.82, 2.24) is 4.73 Å². The zero-order chi connectivity index (χ0) is 22.7. The highest BCUT2D eigenvalue weighted by Gasteiger charge is 2.15. The Morgan fingerprint density at radius 3 is 2.35 bits per heavy atom. The fourth-order valence-electron chi connectivity index (χ4n) is 3.28. The smallest absolute Gasteiger partial charge is 0.329 e. The number of carbonyl (C=O) groups is 1. The molecule has 0 saturated carbocycles. The fraction of sp³-hybridized carbons (Fsp3) is 0.167. The van der Waals surface area contributed by atoms with Crippen LogP contribution in [-0.2, 0) is 16.0 Å². The molecule has 0 bridgehead atoms. The number of aromatic nitrogens is 1. The van der Waals surface area contributed by atoms with Crippen LogP contribution in [0.25, 0.3) is 22.3 Å². The minimum Gasteiger partial charge on any atom is -0.611 e. The summed E-state index contributed by atoms with van der Waals surface area (Å²) in [5.41, 5.74) is 5.61. The van der Waals surface area contributed by atoms with Crippen LogP contribution in [0.5, 0.6) is 0 Å². The van der Waals surface area contributed by atoms with E-state index in [1.54, 1.807) is 12.4 Å². The van der Waals surface area contributed by atoms with Gasteiger partial charge in [-0.05, 0) is 66.0 Å². The van der Waals surface area contributed by atoms with Crippen LogP contribution in [0.1, 0.15) is 18.1 Å². The molecule has 1 heterocycles. The van der Waals surface area contributed by atoms with Crippen LogP contribution in [0.15, 0.2) is 70.8 Å². The zero-order valence-corrected chi connectivity index (χ0v) is 20.7. The summed E-state index contributed by atoms with van der Waals surface area (Å²) in [7, 11) is 0. The van der Waals surface area contributed by atoms with Gasteiger partial charge in [0.15, 0.2) is 4.90 Å². The molecule has 4 nitrogen and oxygen atoms in total. The normalized spacial score (nSPS) is 11.8. The van der Waals surface area contributed by atoms with Crippen molar-refractivity contribution in [3.63, 3.8) is 0 Å². The lowest BCUT2D eigenvalue weighted by atomic mass is 9.97. The lowest BCUT2D eigenvalue weighted by molar-refractivity contribution is -0.141. The summed E-state index contributed by atoms with van der Waals surface area (Å²) < 4.78 is 15.1. The highest BCUT2D eigenvalue weighted by Crippen LogP contribution is 2.31. The molecule has 1 unspecified atom stereocenters. The van der Waals surface area contributed by atoms with Gasteiger partial charge >= 0.3 is 5.97 Å². The number of benzene rings is 2.